The van der Waals surface area contributed by atoms with Gasteiger partial charge in [-0.05, 0) is 30.7 Å². The second-order valence-corrected chi connectivity index (χ2v) is 2.42. The highest BCUT2D eigenvalue weighted by Crippen LogP contribution is 2.02. The zero-order valence-corrected chi connectivity index (χ0v) is 7.45. The van der Waals surface area contributed by atoms with Crippen molar-refractivity contribution in [2.75, 3.05) is 7.05 Å². The lowest BCUT2D eigenvalue weighted by atomic mass is 10.2. The molecular formula is C10H13NO. The number of hydrogen-bond donors (Lipinski definition) is 0. The Bertz CT molecular complexity index is 270. The molecule has 1 aromatic heterocycles. The fourth-order valence-electron chi connectivity index (χ4n) is 0.915. The quantitative estimate of drug-likeness (QED) is 0.629. The van der Waals surface area contributed by atoms with E-state index in [1.807, 2.05) is 24.3 Å². The molecule has 64 valence electrons. The third-order valence-corrected chi connectivity index (χ3v) is 1.63. The summed E-state index contributed by atoms with van der Waals surface area (Å²) >= 11 is 0. The average Bonchev–Trinajstić information content (AvgIpc) is 2.59. The van der Waals surface area contributed by atoms with Crippen LogP contribution in [0.1, 0.15) is 19.1 Å². The molecule has 0 aliphatic rings. The van der Waals surface area contributed by atoms with Crippen LogP contribution < -0.4 is 0 Å². The van der Waals surface area contributed by atoms with E-state index in [2.05, 4.69) is 11.9 Å². The summed E-state index contributed by atoms with van der Waals surface area (Å²) in [5, 5.41) is 0. The van der Waals surface area contributed by atoms with Crippen LogP contribution in [0, 0.1) is 0 Å². The first-order valence-corrected chi connectivity index (χ1v) is 4.04. The summed E-state index contributed by atoms with van der Waals surface area (Å²) in [6.07, 6.45) is 6.51. The Kier molecular flexibility index (Phi) is 3.33. The SMILES string of the molecule is CCC(/C=C/c1ccco1)=NC. The monoisotopic (exact) mass is 163 g/mol. The number of rotatable bonds is 3. The predicted molar refractivity (Wildman–Crippen MR) is 51.4 cm³/mol. The molecule has 2 heteroatoms. The normalized spacial score (nSPS) is 12.7. The maximum absolute atomic E-state index is 5.13. The van der Waals surface area contributed by atoms with Gasteiger partial charge in [0, 0.05) is 12.8 Å². The van der Waals surface area contributed by atoms with Gasteiger partial charge < -0.3 is 4.42 Å². The molecule has 0 unspecified atom stereocenters. The zero-order valence-electron chi connectivity index (χ0n) is 7.45. The van der Waals surface area contributed by atoms with E-state index in [0.717, 1.165) is 17.9 Å². The molecule has 0 fully saturated rings. The first-order valence-electron chi connectivity index (χ1n) is 4.04. The van der Waals surface area contributed by atoms with Crippen LogP contribution >= 0.6 is 0 Å². The molecular weight excluding hydrogens is 150 g/mol. The Morgan fingerprint density at radius 2 is 2.50 bits per heavy atom. The molecule has 0 bridgehead atoms. The largest absolute Gasteiger partial charge is 0.465 e. The highest BCUT2D eigenvalue weighted by Gasteiger charge is 1.89. The smallest absolute Gasteiger partial charge is 0.126 e. The molecule has 0 aromatic carbocycles. The Morgan fingerprint density at radius 3 is 3.00 bits per heavy atom. The van der Waals surface area contributed by atoms with Crippen molar-refractivity contribution in [1.82, 2.24) is 0 Å². The molecule has 0 aliphatic carbocycles. The van der Waals surface area contributed by atoms with Crippen LogP contribution in [0.2, 0.25) is 0 Å². The van der Waals surface area contributed by atoms with E-state index in [4.69, 9.17) is 4.42 Å². The lowest BCUT2D eigenvalue weighted by Crippen LogP contribution is -1.88. The molecule has 1 aromatic rings. The number of nitrogens with zero attached hydrogens (tertiary/aromatic N) is 1. The Labute approximate surface area is 72.6 Å². The Hall–Kier alpha value is -1.31. The van der Waals surface area contributed by atoms with Gasteiger partial charge in [-0.1, -0.05) is 6.92 Å². The van der Waals surface area contributed by atoms with Crippen LogP contribution in [0.15, 0.2) is 33.9 Å². The van der Waals surface area contributed by atoms with E-state index in [-0.39, 0.29) is 0 Å². The minimum Gasteiger partial charge on any atom is -0.465 e. The van der Waals surface area contributed by atoms with Crippen molar-refractivity contribution < 1.29 is 4.42 Å². The summed E-state index contributed by atoms with van der Waals surface area (Å²) in [5.41, 5.74) is 1.08. The molecule has 0 amide bonds. The number of allylic oxidation sites excluding steroid dienone is 1. The van der Waals surface area contributed by atoms with Crippen molar-refractivity contribution in [2.45, 2.75) is 13.3 Å². The standard InChI is InChI=1S/C10H13NO/c1-3-9(11-2)6-7-10-5-4-8-12-10/h4-8H,3H2,1-2H3/b7-6+,11-9?. The van der Waals surface area contributed by atoms with Gasteiger partial charge in [0.05, 0.1) is 6.26 Å². The van der Waals surface area contributed by atoms with Gasteiger partial charge in [0.1, 0.15) is 5.76 Å². The highest BCUT2D eigenvalue weighted by atomic mass is 16.3. The third kappa shape index (κ3) is 2.38. The number of aliphatic imine (C=N–C) groups is 1. The highest BCUT2D eigenvalue weighted by molar-refractivity contribution is 5.97. The summed E-state index contributed by atoms with van der Waals surface area (Å²) in [5.74, 6) is 0.865. The van der Waals surface area contributed by atoms with E-state index in [1.165, 1.54) is 0 Å². The minimum absolute atomic E-state index is 0.865. The molecule has 2 nitrogen and oxygen atoms in total. The van der Waals surface area contributed by atoms with Crippen LogP contribution in [0.4, 0.5) is 0 Å². The van der Waals surface area contributed by atoms with E-state index >= 15 is 0 Å². The van der Waals surface area contributed by atoms with E-state index in [9.17, 15) is 0 Å². The molecule has 0 spiro atoms. The fourth-order valence-corrected chi connectivity index (χ4v) is 0.915. The van der Waals surface area contributed by atoms with E-state index in [0.29, 0.717) is 0 Å². The summed E-state index contributed by atoms with van der Waals surface area (Å²) in [6.45, 7) is 2.08. The van der Waals surface area contributed by atoms with Gasteiger partial charge in [-0.3, -0.25) is 4.99 Å². The molecule has 0 aliphatic heterocycles. The maximum atomic E-state index is 5.13. The molecule has 0 atom stereocenters. The van der Waals surface area contributed by atoms with Gasteiger partial charge in [0.15, 0.2) is 0 Å². The molecule has 0 saturated carbocycles. The maximum Gasteiger partial charge on any atom is 0.126 e. The second kappa shape index (κ2) is 4.54. The molecule has 0 radical (unpaired) electrons. The van der Waals surface area contributed by atoms with Crippen molar-refractivity contribution in [1.29, 1.82) is 0 Å². The minimum atomic E-state index is 0.865. The summed E-state index contributed by atoms with van der Waals surface area (Å²) < 4.78 is 5.13. The molecule has 0 saturated heterocycles. The molecule has 1 rings (SSSR count). The van der Waals surface area contributed by atoms with Crippen molar-refractivity contribution in [3.8, 4) is 0 Å². The first kappa shape index (κ1) is 8.78. The van der Waals surface area contributed by atoms with Crippen LogP contribution in [0.25, 0.3) is 6.08 Å². The van der Waals surface area contributed by atoms with Gasteiger partial charge in [0.25, 0.3) is 0 Å². The summed E-state index contributed by atoms with van der Waals surface area (Å²) in [6, 6.07) is 3.79. The van der Waals surface area contributed by atoms with Gasteiger partial charge in [-0.15, -0.1) is 0 Å². The molecule has 0 N–H and O–H groups in total. The van der Waals surface area contributed by atoms with Gasteiger partial charge in [-0.25, -0.2) is 0 Å². The third-order valence-electron chi connectivity index (χ3n) is 1.63. The molecule has 1 heterocycles. The van der Waals surface area contributed by atoms with Crippen LogP contribution in [-0.4, -0.2) is 12.8 Å². The lowest BCUT2D eigenvalue weighted by Gasteiger charge is -1.91. The van der Waals surface area contributed by atoms with Crippen LogP contribution in [0.3, 0.4) is 0 Å². The van der Waals surface area contributed by atoms with Crippen molar-refractivity contribution in [3.05, 3.63) is 30.2 Å². The predicted octanol–water partition coefficient (Wildman–Crippen LogP) is 2.77. The first-order chi connectivity index (χ1) is 5.86. The Balaban J connectivity index is 2.62. The number of hydrogen-bond acceptors (Lipinski definition) is 2. The summed E-state index contributed by atoms with van der Waals surface area (Å²) in [4.78, 5) is 4.09. The van der Waals surface area contributed by atoms with Crippen LogP contribution in [-0.2, 0) is 0 Å². The van der Waals surface area contributed by atoms with Crippen molar-refractivity contribution >= 4 is 11.8 Å². The topological polar surface area (TPSA) is 25.5 Å². The average molecular weight is 163 g/mol. The lowest BCUT2D eigenvalue weighted by molar-refractivity contribution is 0.557. The molecule has 12 heavy (non-hydrogen) atoms. The van der Waals surface area contributed by atoms with Gasteiger partial charge in [-0.2, -0.15) is 0 Å². The fraction of sp³-hybridized carbons (Fsp3) is 0.300. The van der Waals surface area contributed by atoms with Crippen molar-refractivity contribution in [2.24, 2.45) is 4.99 Å². The zero-order chi connectivity index (χ0) is 8.81. The summed E-state index contributed by atoms with van der Waals surface area (Å²) in [7, 11) is 1.80. The Morgan fingerprint density at radius 1 is 1.67 bits per heavy atom. The van der Waals surface area contributed by atoms with Gasteiger partial charge in [0.2, 0.25) is 0 Å². The number of furan rings is 1. The van der Waals surface area contributed by atoms with Gasteiger partial charge >= 0.3 is 0 Å². The second-order valence-electron chi connectivity index (χ2n) is 2.42. The van der Waals surface area contributed by atoms with E-state index < -0.39 is 0 Å². The van der Waals surface area contributed by atoms with E-state index in [1.54, 1.807) is 13.3 Å². The van der Waals surface area contributed by atoms with Crippen LogP contribution in [0.5, 0.6) is 0 Å². The van der Waals surface area contributed by atoms with Crippen molar-refractivity contribution in [3.63, 3.8) is 0 Å².